The van der Waals surface area contributed by atoms with Crippen molar-refractivity contribution in [1.29, 1.82) is 0 Å². The molecule has 1 unspecified atom stereocenters. The number of rotatable bonds is 15. The zero-order valence-corrected chi connectivity index (χ0v) is 31.4. The van der Waals surface area contributed by atoms with Crippen LogP contribution >= 0.6 is 0 Å². The fourth-order valence-electron chi connectivity index (χ4n) is 5.09. The quantitative estimate of drug-likeness (QED) is 0.0803. The van der Waals surface area contributed by atoms with Crippen molar-refractivity contribution < 1.29 is 39.1 Å². The van der Waals surface area contributed by atoms with Gasteiger partial charge in [0.15, 0.2) is 23.6 Å². The molecule has 0 saturated heterocycles. The molecule has 3 aromatic carbocycles. The lowest BCUT2D eigenvalue weighted by Gasteiger charge is -2.17. The SMILES string of the molecule is CCC.CCCCCCOc1ccc(-c2nc(-c3ccc(OCCC)c(C)c3O)nc(-c3ccc(OC(C)C(=O)OC)c(C)c3O)n2)c(O)c1C. The molecule has 0 aliphatic rings. The molecular formula is C40H53N3O8. The number of phenolic OH excluding ortho intramolecular Hbond substituents is 3. The Morgan fingerprint density at radius 3 is 1.45 bits per heavy atom. The normalized spacial score (nSPS) is 11.3. The molecule has 11 heteroatoms. The van der Waals surface area contributed by atoms with Gasteiger partial charge in [-0.1, -0.05) is 53.4 Å². The molecular weight excluding hydrogens is 650 g/mol. The van der Waals surface area contributed by atoms with Crippen molar-refractivity contribution in [1.82, 2.24) is 15.0 Å². The van der Waals surface area contributed by atoms with Crippen LogP contribution in [0.15, 0.2) is 36.4 Å². The van der Waals surface area contributed by atoms with E-state index in [9.17, 15) is 20.1 Å². The van der Waals surface area contributed by atoms with Crippen molar-refractivity contribution in [2.24, 2.45) is 0 Å². The van der Waals surface area contributed by atoms with Gasteiger partial charge in [-0.25, -0.2) is 19.7 Å². The lowest BCUT2D eigenvalue weighted by molar-refractivity contribution is -0.147. The van der Waals surface area contributed by atoms with E-state index in [-0.39, 0.29) is 46.0 Å². The fraction of sp³-hybridized carbons (Fsp3) is 0.450. The molecule has 1 heterocycles. The highest BCUT2D eigenvalue weighted by atomic mass is 16.6. The highest BCUT2D eigenvalue weighted by molar-refractivity contribution is 5.77. The van der Waals surface area contributed by atoms with Gasteiger partial charge in [0.2, 0.25) is 0 Å². The summed E-state index contributed by atoms with van der Waals surface area (Å²) in [5, 5.41) is 33.9. The highest BCUT2D eigenvalue weighted by Gasteiger charge is 2.24. The van der Waals surface area contributed by atoms with E-state index in [0.29, 0.717) is 52.5 Å². The summed E-state index contributed by atoms with van der Waals surface area (Å²) in [7, 11) is 1.27. The largest absolute Gasteiger partial charge is 0.507 e. The first-order valence-electron chi connectivity index (χ1n) is 17.7. The maximum absolute atomic E-state index is 11.9. The summed E-state index contributed by atoms with van der Waals surface area (Å²) < 4.78 is 22.2. The van der Waals surface area contributed by atoms with Gasteiger partial charge in [0, 0.05) is 16.7 Å². The van der Waals surface area contributed by atoms with Gasteiger partial charge >= 0.3 is 5.97 Å². The lowest BCUT2D eigenvalue weighted by atomic mass is 10.0. The zero-order valence-electron chi connectivity index (χ0n) is 31.4. The molecule has 0 aliphatic heterocycles. The number of hydrogen-bond acceptors (Lipinski definition) is 11. The molecule has 1 atom stereocenters. The van der Waals surface area contributed by atoms with E-state index >= 15 is 0 Å². The van der Waals surface area contributed by atoms with Gasteiger partial charge in [-0.3, -0.25) is 0 Å². The van der Waals surface area contributed by atoms with Crippen LogP contribution < -0.4 is 14.2 Å². The number of nitrogens with zero attached hydrogens (tertiary/aromatic N) is 3. The monoisotopic (exact) mass is 703 g/mol. The summed E-state index contributed by atoms with van der Waals surface area (Å²) in [4.78, 5) is 25.9. The Balaban J connectivity index is 0.00000226. The summed E-state index contributed by atoms with van der Waals surface area (Å²) >= 11 is 0. The van der Waals surface area contributed by atoms with Crippen molar-refractivity contribution in [3.63, 3.8) is 0 Å². The van der Waals surface area contributed by atoms with Crippen LogP contribution in [-0.2, 0) is 9.53 Å². The van der Waals surface area contributed by atoms with Gasteiger partial charge in [-0.2, -0.15) is 0 Å². The van der Waals surface area contributed by atoms with Crippen molar-refractivity contribution in [2.75, 3.05) is 20.3 Å². The van der Waals surface area contributed by atoms with Crippen molar-refractivity contribution in [3.8, 4) is 68.7 Å². The van der Waals surface area contributed by atoms with Crippen LogP contribution in [0.3, 0.4) is 0 Å². The molecule has 0 spiro atoms. The van der Waals surface area contributed by atoms with Crippen LogP contribution in [0.2, 0.25) is 0 Å². The highest BCUT2D eigenvalue weighted by Crippen LogP contribution is 2.42. The maximum Gasteiger partial charge on any atom is 0.346 e. The third kappa shape index (κ3) is 10.0. The minimum Gasteiger partial charge on any atom is -0.507 e. The number of benzene rings is 3. The summed E-state index contributed by atoms with van der Waals surface area (Å²) in [6.07, 6.45) is 5.40. The molecule has 0 radical (unpaired) electrons. The van der Waals surface area contributed by atoms with Crippen LogP contribution in [0.1, 0.15) is 89.8 Å². The van der Waals surface area contributed by atoms with E-state index in [0.717, 1.165) is 32.1 Å². The second kappa shape index (κ2) is 19.4. The summed E-state index contributed by atoms with van der Waals surface area (Å²) in [6, 6.07) is 10.0. The standard InChI is InChI=1S/C37H45N3O8.C3H8/c1-8-10-11-12-20-47-29-17-14-26(32(42)22(29)4)35-38-34(25-13-16-28(46-19-9-2)21(3)31(25)41)39-36(40-35)27-15-18-30(23(5)33(27)43)48-24(6)37(44)45-7;1-3-2/h13-18,24,41-43H,8-12,19-20H2,1-7H3;3H2,1-2H3. The number of hydrogen-bond donors (Lipinski definition) is 3. The van der Waals surface area contributed by atoms with Gasteiger partial charge in [0.25, 0.3) is 0 Å². The van der Waals surface area contributed by atoms with Crippen molar-refractivity contribution in [3.05, 3.63) is 53.1 Å². The Morgan fingerprint density at radius 2 is 1.04 bits per heavy atom. The number of carbonyl (C=O) groups excluding carboxylic acids is 1. The predicted molar refractivity (Wildman–Crippen MR) is 199 cm³/mol. The van der Waals surface area contributed by atoms with E-state index < -0.39 is 12.1 Å². The second-order valence-corrected chi connectivity index (χ2v) is 12.3. The molecule has 276 valence electrons. The average molecular weight is 704 g/mol. The summed E-state index contributed by atoms with van der Waals surface area (Å²) in [6.45, 7) is 16.1. The number of phenols is 3. The molecule has 4 rings (SSSR count). The summed E-state index contributed by atoms with van der Waals surface area (Å²) in [5.41, 5.74) is 2.27. The van der Waals surface area contributed by atoms with Crippen LogP contribution in [0.25, 0.3) is 34.2 Å². The topological polar surface area (TPSA) is 153 Å². The zero-order chi connectivity index (χ0) is 37.7. The Kier molecular flexibility index (Phi) is 15.3. The Bertz CT molecular complexity index is 1780. The number of methoxy groups -OCH3 is 1. The number of ether oxygens (including phenoxy) is 4. The van der Waals surface area contributed by atoms with Crippen LogP contribution in [0.5, 0.6) is 34.5 Å². The Hall–Kier alpha value is -5.06. The molecule has 11 nitrogen and oxygen atoms in total. The Labute approximate surface area is 301 Å². The van der Waals surface area contributed by atoms with Crippen LogP contribution in [0, 0.1) is 20.8 Å². The number of carbonyl (C=O) groups is 1. The maximum atomic E-state index is 11.9. The number of unbranched alkanes of at least 4 members (excludes halogenated alkanes) is 3. The number of esters is 1. The van der Waals surface area contributed by atoms with Gasteiger partial charge in [-0.15, -0.1) is 0 Å². The minimum atomic E-state index is -0.903. The third-order valence-corrected chi connectivity index (χ3v) is 8.06. The van der Waals surface area contributed by atoms with E-state index in [4.69, 9.17) is 18.9 Å². The molecule has 0 aliphatic carbocycles. The molecule has 0 amide bonds. The molecule has 0 saturated carbocycles. The van der Waals surface area contributed by atoms with Gasteiger partial charge in [-0.05, 0) is 76.9 Å². The van der Waals surface area contributed by atoms with Gasteiger partial charge in [0.05, 0.1) is 37.0 Å². The smallest absolute Gasteiger partial charge is 0.346 e. The van der Waals surface area contributed by atoms with Crippen LogP contribution in [0.4, 0.5) is 0 Å². The van der Waals surface area contributed by atoms with Crippen LogP contribution in [-0.4, -0.2) is 62.7 Å². The average Bonchev–Trinajstić information content (AvgIpc) is 3.12. The van der Waals surface area contributed by atoms with Crippen molar-refractivity contribution >= 4 is 5.97 Å². The third-order valence-electron chi connectivity index (χ3n) is 8.06. The first kappa shape index (κ1) is 40.4. The fourth-order valence-corrected chi connectivity index (χ4v) is 5.09. The molecule has 0 fully saturated rings. The van der Waals surface area contributed by atoms with Crippen molar-refractivity contribution in [2.45, 2.75) is 100 Å². The lowest BCUT2D eigenvalue weighted by Crippen LogP contribution is -2.25. The van der Waals surface area contributed by atoms with E-state index in [1.807, 2.05) is 6.92 Å². The van der Waals surface area contributed by atoms with E-state index in [2.05, 4.69) is 35.7 Å². The molecule has 4 aromatic rings. The van der Waals surface area contributed by atoms with E-state index in [1.54, 1.807) is 64.1 Å². The second-order valence-electron chi connectivity index (χ2n) is 12.3. The molecule has 0 bridgehead atoms. The predicted octanol–water partition coefficient (Wildman–Crippen LogP) is 9.02. The van der Waals surface area contributed by atoms with Gasteiger partial charge in [0.1, 0.15) is 34.5 Å². The molecule has 51 heavy (non-hydrogen) atoms. The first-order chi connectivity index (χ1) is 24.4. The number of aromatic hydroxyl groups is 3. The minimum absolute atomic E-state index is 0.0613. The summed E-state index contributed by atoms with van der Waals surface area (Å²) in [5.74, 6) is 0.816. The molecule has 3 N–H and O–H groups in total. The van der Waals surface area contributed by atoms with Gasteiger partial charge < -0.3 is 34.3 Å². The van der Waals surface area contributed by atoms with E-state index in [1.165, 1.54) is 13.5 Å². The Morgan fingerprint density at radius 1 is 0.627 bits per heavy atom. The number of aromatic nitrogens is 3. The first-order valence-corrected chi connectivity index (χ1v) is 17.7. The molecule has 1 aromatic heterocycles.